The molecule has 2 aromatic heterocycles. The van der Waals surface area contributed by atoms with Gasteiger partial charge >= 0.3 is 21.7 Å². The maximum Gasteiger partial charge on any atom is 0.534 e. The zero-order valence-electron chi connectivity index (χ0n) is 26.8. The molecule has 3 aliphatic heterocycles. The van der Waals surface area contributed by atoms with Gasteiger partial charge in [0.1, 0.15) is 37.4 Å². The first-order chi connectivity index (χ1) is 24.5. The lowest BCUT2D eigenvalue weighted by atomic mass is 9.98. The van der Waals surface area contributed by atoms with Crippen molar-refractivity contribution in [2.75, 3.05) is 24.7 Å². The van der Waals surface area contributed by atoms with Crippen LogP contribution in [0.25, 0.3) is 22.5 Å². The fourth-order valence-corrected chi connectivity index (χ4v) is 6.31. The van der Waals surface area contributed by atoms with Crippen molar-refractivity contribution < 1.29 is 58.4 Å². The Morgan fingerprint density at radius 3 is 2.23 bits per heavy atom. The quantitative estimate of drug-likeness (QED) is 0.150. The van der Waals surface area contributed by atoms with Crippen molar-refractivity contribution in [1.82, 2.24) is 19.6 Å². The third kappa shape index (κ3) is 7.50. The van der Waals surface area contributed by atoms with Gasteiger partial charge in [0.25, 0.3) is 12.3 Å². The van der Waals surface area contributed by atoms with Crippen LogP contribution in [0.5, 0.6) is 17.4 Å². The first-order valence-electron chi connectivity index (χ1n) is 15.4. The summed E-state index contributed by atoms with van der Waals surface area (Å²) in [4.78, 5) is 24.2. The van der Waals surface area contributed by atoms with E-state index in [1.54, 1.807) is 35.9 Å². The number of alkyl halides is 5. The highest BCUT2D eigenvalue weighted by atomic mass is 79.9. The van der Waals surface area contributed by atoms with Gasteiger partial charge in [0, 0.05) is 33.7 Å². The smallest absolute Gasteiger partial charge is 0.491 e. The van der Waals surface area contributed by atoms with Gasteiger partial charge in [-0.25, -0.2) is 18.5 Å². The van der Waals surface area contributed by atoms with E-state index in [1.165, 1.54) is 4.68 Å². The van der Waals surface area contributed by atoms with Crippen LogP contribution in [-0.2, 0) is 39.2 Å². The number of hydrogen-bond donors (Lipinski definition) is 1. The second-order valence-electron chi connectivity index (χ2n) is 11.7. The molecule has 3 aliphatic rings. The molecule has 2 atom stereocenters. The normalized spacial score (nSPS) is 17.1. The number of benzene rings is 2. The Morgan fingerprint density at radius 2 is 1.60 bits per heavy atom. The molecule has 2 N–H and O–H groups in total. The van der Waals surface area contributed by atoms with Gasteiger partial charge < -0.3 is 24.1 Å². The van der Waals surface area contributed by atoms with Crippen molar-refractivity contribution in [3.63, 3.8) is 0 Å². The lowest BCUT2D eigenvalue weighted by Gasteiger charge is -2.17. The first kappa shape index (κ1) is 36.9. The van der Waals surface area contributed by atoms with Crippen LogP contribution < -0.4 is 24.3 Å². The second-order valence-corrected chi connectivity index (χ2v) is 14.2. The lowest BCUT2D eigenvalue weighted by molar-refractivity contribution is -0.121. The SMILES string of the molecule is C[C@H](Cc1ccc2c(c1)OCCn1nc(N3C(=O)OC[C@H]3C(F)F)cc1-2)C(N)=O.O=S(=O)(Oc1cc2n(n1)CCOc1cc(Br)ccc1-2)C(F)(F)F. The molecular formula is C31H28BrF5N6O8S. The van der Waals surface area contributed by atoms with Gasteiger partial charge in [-0.05, 0) is 42.3 Å². The van der Waals surface area contributed by atoms with Crippen molar-refractivity contribution in [2.24, 2.45) is 11.7 Å². The highest BCUT2D eigenvalue weighted by molar-refractivity contribution is 9.10. The molecule has 7 rings (SSSR count). The number of ether oxygens (including phenoxy) is 3. The van der Waals surface area contributed by atoms with Crippen LogP contribution in [0.2, 0.25) is 0 Å². The third-order valence-electron chi connectivity index (χ3n) is 8.14. The van der Waals surface area contributed by atoms with E-state index >= 15 is 0 Å². The molecule has 0 aliphatic carbocycles. The number of fused-ring (bicyclic) bond motifs is 6. The van der Waals surface area contributed by atoms with Crippen LogP contribution in [0.4, 0.5) is 32.6 Å². The van der Waals surface area contributed by atoms with Crippen molar-refractivity contribution >= 4 is 43.9 Å². The summed E-state index contributed by atoms with van der Waals surface area (Å²) in [6, 6.07) is 12.0. The number of nitrogens with two attached hydrogens (primary N) is 1. The van der Waals surface area contributed by atoms with E-state index in [0.29, 0.717) is 48.0 Å². The number of primary amides is 1. The summed E-state index contributed by atoms with van der Waals surface area (Å²) >= 11 is 3.29. The van der Waals surface area contributed by atoms with Crippen molar-refractivity contribution in [1.29, 1.82) is 0 Å². The number of nitrogens with zero attached hydrogens (tertiary/aromatic N) is 5. The van der Waals surface area contributed by atoms with Gasteiger partial charge in [-0.15, -0.1) is 5.10 Å². The molecule has 1 saturated heterocycles. The number of halogens is 6. The zero-order valence-corrected chi connectivity index (χ0v) is 29.3. The van der Waals surface area contributed by atoms with Crippen LogP contribution in [0.3, 0.4) is 0 Å². The summed E-state index contributed by atoms with van der Waals surface area (Å²) in [5, 5.41) is 8.09. The number of carbonyl (C=O) groups excluding carboxylic acids is 2. The van der Waals surface area contributed by atoms with E-state index in [1.807, 2.05) is 18.2 Å². The molecule has 5 heterocycles. The molecule has 14 nitrogen and oxygen atoms in total. The van der Waals surface area contributed by atoms with Crippen molar-refractivity contribution in [3.8, 4) is 39.9 Å². The molecule has 2 aromatic carbocycles. The Balaban J connectivity index is 0.000000183. The molecule has 52 heavy (non-hydrogen) atoms. The maximum atomic E-state index is 13.3. The van der Waals surface area contributed by atoms with E-state index in [-0.39, 0.29) is 37.4 Å². The predicted octanol–water partition coefficient (Wildman–Crippen LogP) is 5.13. The average molecular weight is 820 g/mol. The predicted molar refractivity (Wildman–Crippen MR) is 175 cm³/mol. The Kier molecular flexibility index (Phi) is 10.1. The molecule has 278 valence electrons. The van der Waals surface area contributed by atoms with E-state index in [4.69, 9.17) is 19.9 Å². The highest BCUT2D eigenvalue weighted by Gasteiger charge is 2.49. The minimum absolute atomic E-state index is 0.118. The van der Waals surface area contributed by atoms with E-state index in [2.05, 4.69) is 30.3 Å². The Hall–Kier alpha value is -4.92. The summed E-state index contributed by atoms with van der Waals surface area (Å²) in [5.41, 5.74) is 3.05. The Morgan fingerprint density at radius 1 is 0.981 bits per heavy atom. The number of rotatable bonds is 7. The van der Waals surface area contributed by atoms with E-state index < -0.39 is 40.1 Å². The van der Waals surface area contributed by atoms with Crippen molar-refractivity contribution in [2.45, 2.75) is 44.4 Å². The Labute approximate surface area is 300 Å². The fraction of sp³-hybridized carbons (Fsp3) is 0.355. The van der Waals surface area contributed by atoms with Gasteiger partial charge in [0.05, 0.1) is 24.5 Å². The lowest BCUT2D eigenvalue weighted by Crippen LogP contribution is -2.39. The van der Waals surface area contributed by atoms with Gasteiger partial charge in [-0.2, -0.15) is 26.7 Å². The van der Waals surface area contributed by atoms with Crippen LogP contribution >= 0.6 is 15.9 Å². The second kappa shape index (κ2) is 14.2. The summed E-state index contributed by atoms with van der Waals surface area (Å²) in [5.74, 6) is -0.125. The Bertz CT molecular complexity index is 2130. The fourth-order valence-electron chi connectivity index (χ4n) is 5.56. The molecule has 2 amide bonds. The maximum absolute atomic E-state index is 13.3. The van der Waals surface area contributed by atoms with Gasteiger partial charge in [0.2, 0.25) is 5.91 Å². The van der Waals surface area contributed by atoms with Gasteiger partial charge in [-0.1, -0.05) is 28.9 Å². The minimum Gasteiger partial charge on any atom is -0.491 e. The molecule has 0 unspecified atom stereocenters. The summed E-state index contributed by atoms with van der Waals surface area (Å²) in [6.45, 7) is 2.54. The molecular weight excluding hydrogens is 791 g/mol. The molecule has 21 heteroatoms. The van der Waals surface area contributed by atoms with Crippen LogP contribution in [-0.4, -0.2) is 77.8 Å². The minimum atomic E-state index is -5.76. The van der Waals surface area contributed by atoms with Crippen molar-refractivity contribution in [3.05, 3.63) is 58.6 Å². The number of cyclic esters (lactones) is 1. The van der Waals surface area contributed by atoms with E-state index in [0.717, 1.165) is 26.6 Å². The third-order valence-corrected chi connectivity index (χ3v) is 9.59. The highest BCUT2D eigenvalue weighted by Crippen LogP contribution is 2.39. The first-order valence-corrected chi connectivity index (χ1v) is 17.6. The van der Waals surface area contributed by atoms with Gasteiger partial charge in [-0.3, -0.25) is 14.2 Å². The topological polar surface area (TPSA) is 170 Å². The molecule has 0 spiro atoms. The molecule has 0 bridgehead atoms. The average Bonchev–Trinajstić information content (AvgIpc) is 3.71. The summed E-state index contributed by atoms with van der Waals surface area (Å²) < 4.78 is 110. The largest absolute Gasteiger partial charge is 0.534 e. The number of amides is 2. The monoisotopic (exact) mass is 818 g/mol. The molecule has 1 fully saturated rings. The number of anilines is 1. The number of hydrogen-bond acceptors (Lipinski definition) is 10. The van der Waals surface area contributed by atoms with Gasteiger partial charge in [0.15, 0.2) is 5.82 Å². The molecule has 4 aromatic rings. The molecule has 0 saturated carbocycles. The van der Waals surface area contributed by atoms with Crippen LogP contribution in [0, 0.1) is 5.92 Å². The number of carbonyl (C=O) groups is 2. The number of aromatic nitrogens is 4. The molecule has 0 radical (unpaired) electrons. The van der Waals surface area contributed by atoms with Crippen LogP contribution in [0.1, 0.15) is 12.5 Å². The summed E-state index contributed by atoms with van der Waals surface area (Å²) in [7, 11) is -5.76. The van der Waals surface area contributed by atoms with Crippen LogP contribution in [0.15, 0.2) is 53.0 Å². The summed E-state index contributed by atoms with van der Waals surface area (Å²) in [6.07, 6.45) is -3.10. The standard InChI is InChI=1S/C19H20F2N4O4.C12H8BrF3N2O4S/c1-10(18(22)26)6-11-2-3-12-13-8-16(23-24(13)4-5-28-15(12)7-11)25-14(17(20)21)9-29-19(25)27;13-7-1-2-8-9-6-11(22-23(19,20)12(14,15)16)17-18(9)3-4-21-10(8)5-7/h2-3,7-8,10,14,17H,4-6,9H2,1H3,(H2,22,26);1-2,5-6H,3-4H2/t10-,14+;/m1./s1. The van der Waals surface area contributed by atoms with E-state index in [9.17, 15) is 40.0 Å². The zero-order chi connectivity index (χ0) is 37.5.